The zero-order valence-electron chi connectivity index (χ0n) is 4.56. The monoisotopic (exact) mass is 105 g/mol. The summed E-state index contributed by atoms with van der Waals surface area (Å²) in [6.07, 6.45) is 2.08. The average Bonchev–Trinajstić information content (AvgIpc) is 1.36. The lowest BCUT2D eigenvalue weighted by atomic mass is 11.3. The third-order valence-corrected chi connectivity index (χ3v) is 1.87. The summed E-state index contributed by atoms with van der Waals surface area (Å²) in [7, 11) is 4.26. The van der Waals surface area contributed by atoms with Crippen LogP contribution in [0.25, 0.3) is 0 Å². The molecule has 0 bridgehead atoms. The molecule has 0 fully saturated rings. The number of rotatable bonds is 1. The van der Waals surface area contributed by atoms with Gasteiger partial charge in [-0.2, -0.15) is 0 Å². The van der Waals surface area contributed by atoms with Gasteiger partial charge < -0.3 is 0 Å². The van der Waals surface area contributed by atoms with Gasteiger partial charge in [0.25, 0.3) is 0 Å². The topological polar surface area (TPSA) is 3.24 Å². The van der Waals surface area contributed by atoms with Crippen molar-refractivity contribution in [1.29, 1.82) is 0 Å². The first-order chi connectivity index (χ1) is 2.64. The molecule has 0 rings (SSSR count). The summed E-state index contributed by atoms with van der Waals surface area (Å²) in [4.78, 5) is 0. The van der Waals surface area contributed by atoms with E-state index in [1.165, 1.54) is 0 Å². The van der Waals surface area contributed by atoms with Crippen molar-refractivity contribution in [3.63, 3.8) is 0 Å². The van der Waals surface area contributed by atoms with Gasteiger partial charge in [0.05, 0.1) is 0 Å². The Balaban J connectivity index is 3.26. The Kier molecular flexibility index (Phi) is 2.44. The summed E-state index contributed by atoms with van der Waals surface area (Å²) >= 11 is 0. The first-order valence-electron chi connectivity index (χ1n) is 1.77. The third-order valence-electron chi connectivity index (χ3n) is 0.623. The molecule has 0 saturated carbocycles. The van der Waals surface area contributed by atoms with Crippen LogP contribution in [0, 0.1) is 0 Å². The van der Waals surface area contributed by atoms with Crippen LogP contribution in [0.15, 0.2) is 0 Å². The average molecular weight is 105 g/mol. The van der Waals surface area contributed by atoms with E-state index in [0.29, 0.717) is 0 Å². The van der Waals surface area contributed by atoms with Crippen LogP contribution < -0.4 is 0 Å². The predicted octanol–water partition coefficient (Wildman–Crippen LogP) is 0.794. The van der Waals surface area contributed by atoms with Crippen molar-refractivity contribution in [2.75, 3.05) is 20.4 Å². The number of nitrogens with zero attached hydrogens (tertiary/aromatic N) is 1. The van der Waals surface area contributed by atoms with E-state index in [2.05, 4.69) is 16.4 Å². The van der Waals surface area contributed by atoms with Crippen molar-refractivity contribution in [1.82, 2.24) is 4.31 Å². The van der Waals surface area contributed by atoms with E-state index < -0.39 is 0 Å². The van der Waals surface area contributed by atoms with Crippen LogP contribution in [0.4, 0.5) is 0 Å². The van der Waals surface area contributed by atoms with E-state index in [9.17, 15) is 0 Å². The quantitative estimate of drug-likeness (QED) is 0.446. The Morgan fingerprint density at radius 1 is 1.50 bits per heavy atom. The van der Waals surface area contributed by atoms with Crippen molar-refractivity contribution in [3.05, 3.63) is 0 Å². The second-order valence-electron chi connectivity index (χ2n) is 1.41. The zero-order chi connectivity index (χ0) is 5.15. The summed E-state index contributed by atoms with van der Waals surface area (Å²) in [6.45, 7) is 0. The maximum atomic E-state index is 3.79. The van der Waals surface area contributed by atoms with E-state index in [0.717, 1.165) is 0 Å². The maximum absolute atomic E-state index is 3.79. The van der Waals surface area contributed by atoms with Crippen LogP contribution in [-0.2, 0) is 0 Å². The molecular weight excluding hydrogens is 94.1 g/mol. The Bertz CT molecular complexity index is 58.6. The maximum Gasteiger partial charge on any atom is -0.00335 e. The fourth-order valence-corrected chi connectivity index (χ4v) is 0. The van der Waals surface area contributed by atoms with Gasteiger partial charge in [-0.15, -0.1) is 10.7 Å². The summed E-state index contributed by atoms with van der Waals surface area (Å²) in [5.41, 5.74) is 0. The summed E-state index contributed by atoms with van der Waals surface area (Å²) in [6, 6.07) is 0. The Hall–Kier alpha value is 0.180. The highest BCUT2D eigenvalue weighted by molar-refractivity contribution is 8.11. The van der Waals surface area contributed by atoms with E-state index in [-0.39, 0.29) is 10.7 Å². The molecule has 38 valence electrons. The van der Waals surface area contributed by atoms with Crippen molar-refractivity contribution in [3.8, 4) is 0 Å². The zero-order valence-corrected chi connectivity index (χ0v) is 5.38. The highest BCUT2D eigenvalue weighted by Crippen LogP contribution is 2.02. The summed E-state index contributed by atoms with van der Waals surface area (Å²) in [5.74, 6) is 3.79. The second kappa shape index (κ2) is 2.37. The first kappa shape index (κ1) is 6.18. The molecule has 0 aliphatic carbocycles. The molecule has 0 aromatic heterocycles. The molecule has 0 spiro atoms. The molecule has 0 aromatic carbocycles. The molecule has 0 aromatic rings. The van der Waals surface area contributed by atoms with Gasteiger partial charge in [-0.25, -0.2) is 0 Å². The number of hydrogen-bond acceptors (Lipinski definition) is 1. The van der Waals surface area contributed by atoms with Gasteiger partial charge in [-0.05, 0) is 20.4 Å². The molecule has 0 amide bonds. The van der Waals surface area contributed by atoms with E-state index in [1.54, 1.807) is 0 Å². The van der Waals surface area contributed by atoms with Gasteiger partial charge in [0, 0.05) is 0 Å². The summed E-state index contributed by atoms with van der Waals surface area (Å²) < 4.78 is 2.08. The molecule has 6 heavy (non-hydrogen) atoms. The Labute approximate surface area is 42.0 Å². The number of hydrogen-bond donors (Lipinski definition) is 0. The predicted molar refractivity (Wildman–Crippen MR) is 34.3 cm³/mol. The lowest BCUT2D eigenvalue weighted by molar-refractivity contribution is 0.704. The van der Waals surface area contributed by atoms with E-state index in [4.69, 9.17) is 0 Å². The van der Waals surface area contributed by atoms with Gasteiger partial charge in [-0.3, -0.25) is 4.31 Å². The van der Waals surface area contributed by atoms with Crippen LogP contribution in [0.1, 0.15) is 0 Å². The molecule has 1 unspecified atom stereocenters. The smallest absolute Gasteiger partial charge is 0.00335 e. The van der Waals surface area contributed by atoms with Crippen LogP contribution in [-0.4, -0.2) is 30.5 Å². The van der Waals surface area contributed by atoms with Crippen molar-refractivity contribution < 1.29 is 0 Å². The normalized spacial score (nSPS) is 15.3. The van der Waals surface area contributed by atoms with Crippen LogP contribution in [0.2, 0.25) is 0 Å². The van der Waals surface area contributed by atoms with Crippen molar-refractivity contribution >= 4 is 16.5 Å². The molecule has 1 atom stereocenters. The van der Waals surface area contributed by atoms with Crippen molar-refractivity contribution in [2.45, 2.75) is 0 Å². The molecule has 0 radical (unpaired) electrons. The lowest BCUT2D eigenvalue weighted by Crippen LogP contribution is -1.99. The minimum Gasteiger partial charge on any atom is -0.263 e. The van der Waals surface area contributed by atoms with Crippen molar-refractivity contribution in [2.24, 2.45) is 0 Å². The molecule has 0 aliphatic rings. The largest absolute Gasteiger partial charge is 0.263 e. The second-order valence-corrected chi connectivity index (χ2v) is 3.34. The minimum atomic E-state index is 0.216. The fourth-order valence-electron chi connectivity index (χ4n) is 0. The first-order valence-corrected chi connectivity index (χ1v) is 3.53. The van der Waals surface area contributed by atoms with Gasteiger partial charge in [0.15, 0.2) is 0 Å². The molecule has 2 heteroatoms. The molecule has 0 heterocycles. The van der Waals surface area contributed by atoms with Gasteiger partial charge in [0.2, 0.25) is 0 Å². The Morgan fingerprint density at radius 3 is 1.67 bits per heavy atom. The molecule has 0 saturated heterocycles. The third kappa shape index (κ3) is 2.42. The highest BCUT2D eigenvalue weighted by atomic mass is 32.2. The lowest BCUT2D eigenvalue weighted by Gasteiger charge is -2.06. The SMILES string of the molecule is C=S(C)N(C)C. The van der Waals surface area contributed by atoms with Crippen LogP contribution in [0.3, 0.4) is 0 Å². The highest BCUT2D eigenvalue weighted by Gasteiger charge is 1.78. The van der Waals surface area contributed by atoms with Gasteiger partial charge >= 0.3 is 0 Å². The van der Waals surface area contributed by atoms with E-state index in [1.807, 2.05) is 14.1 Å². The van der Waals surface area contributed by atoms with E-state index >= 15 is 0 Å². The summed E-state index contributed by atoms with van der Waals surface area (Å²) in [5, 5.41) is 0. The standard InChI is InChI=1S/C4H11NS/c1-5(2)6(3)4/h3H2,1-2,4H3. The van der Waals surface area contributed by atoms with Gasteiger partial charge in [0.1, 0.15) is 0 Å². The van der Waals surface area contributed by atoms with Crippen LogP contribution in [0.5, 0.6) is 0 Å². The molecular formula is C4H11NS. The molecule has 0 N–H and O–H groups in total. The molecule has 0 aliphatic heterocycles. The Morgan fingerprint density at radius 2 is 1.67 bits per heavy atom. The minimum absolute atomic E-state index is 0.216. The van der Waals surface area contributed by atoms with Gasteiger partial charge in [-0.1, -0.05) is 5.87 Å². The molecule has 1 nitrogen and oxygen atoms in total. The fraction of sp³-hybridized carbons (Fsp3) is 0.750. The van der Waals surface area contributed by atoms with Crippen LogP contribution >= 0.6 is 10.7 Å².